The predicted octanol–water partition coefficient (Wildman–Crippen LogP) is 2.69. The molecule has 1 aliphatic heterocycles. The third kappa shape index (κ3) is 2.90. The number of imidazole rings is 1. The number of nitrogens with one attached hydrogen (secondary N) is 1. The summed E-state index contributed by atoms with van der Waals surface area (Å²) in [6.07, 6.45) is -2.50. The number of rotatable bonds is 2. The van der Waals surface area contributed by atoms with Gasteiger partial charge in [-0.2, -0.15) is 13.2 Å². The average molecular weight is 313 g/mol. The minimum Gasteiger partial charge on any atom is -0.306 e. The molecular formula is C15H18F3N3O. The number of hydrogen-bond donors (Lipinski definition) is 1. The number of alkyl halides is 3. The first kappa shape index (κ1) is 15.1. The van der Waals surface area contributed by atoms with E-state index < -0.39 is 11.7 Å². The van der Waals surface area contributed by atoms with Crippen LogP contribution in [0.3, 0.4) is 0 Å². The fraction of sp³-hybridized carbons (Fsp3) is 0.533. The Morgan fingerprint density at radius 1 is 1.27 bits per heavy atom. The number of nitrogens with zero attached hydrogens (tertiary/aromatic N) is 2. The first-order valence-corrected chi connectivity index (χ1v) is 7.33. The molecule has 4 nitrogen and oxygen atoms in total. The number of aromatic amines is 1. The highest BCUT2D eigenvalue weighted by atomic mass is 19.4. The lowest BCUT2D eigenvalue weighted by molar-refractivity contribution is -0.137. The van der Waals surface area contributed by atoms with Gasteiger partial charge in [-0.05, 0) is 57.1 Å². The second kappa shape index (κ2) is 5.46. The molecule has 22 heavy (non-hydrogen) atoms. The molecule has 0 unspecified atom stereocenters. The fourth-order valence-corrected chi connectivity index (χ4v) is 3.01. The van der Waals surface area contributed by atoms with Gasteiger partial charge in [-0.15, -0.1) is 0 Å². The number of aromatic nitrogens is 2. The molecule has 1 saturated heterocycles. The molecule has 1 fully saturated rings. The van der Waals surface area contributed by atoms with Crippen LogP contribution in [0.1, 0.15) is 18.4 Å². The van der Waals surface area contributed by atoms with Gasteiger partial charge in [0, 0.05) is 6.54 Å². The minimum absolute atomic E-state index is 0.322. The van der Waals surface area contributed by atoms with E-state index in [1.54, 1.807) is 0 Å². The second-order valence-corrected chi connectivity index (χ2v) is 6.02. The van der Waals surface area contributed by atoms with Crippen molar-refractivity contribution in [3.8, 4) is 0 Å². The highest BCUT2D eigenvalue weighted by Gasteiger charge is 2.31. The molecule has 1 aromatic heterocycles. The van der Waals surface area contributed by atoms with Gasteiger partial charge in [-0.1, -0.05) is 0 Å². The van der Waals surface area contributed by atoms with Crippen molar-refractivity contribution in [3.63, 3.8) is 0 Å². The number of H-pyrrole nitrogens is 1. The van der Waals surface area contributed by atoms with Crippen LogP contribution in [0.2, 0.25) is 0 Å². The molecule has 7 heteroatoms. The SMILES string of the molecule is CN1CCC(Cn2c(=O)[nH]c3ccc(C(F)(F)F)cc32)CC1. The van der Waals surface area contributed by atoms with Crippen LogP contribution >= 0.6 is 0 Å². The fourth-order valence-electron chi connectivity index (χ4n) is 3.01. The lowest BCUT2D eigenvalue weighted by Gasteiger charge is -2.29. The number of piperidine rings is 1. The molecular weight excluding hydrogens is 295 g/mol. The normalized spacial score (nSPS) is 18.2. The van der Waals surface area contributed by atoms with Crippen LogP contribution in [-0.2, 0) is 12.7 Å². The Morgan fingerprint density at radius 3 is 2.59 bits per heavy atom. The topological polar surface area (TPSA) is 41.0 Å². The van der Waals surface area contributed by atoms with Crippen molar-refractivity contribution in [1.29, 1.82) is 0 Å². The van der Waals surface area contributed by atoms with Crippen molar-refractivity contribution >= 4 is 11.0 Å². The van der Waals surface area contributed by atoms with Crippen LogP contribution in [0.5, 0.6) is 0 Å². The van der Waals surface area contributed by atoms with Crippen molar-refractivity contribution in [2.24, 2.45) is 5.92 Å². The van der Waals surface area contributed by atoms with E-state index in [1.807, 2.05) is 7.05 Å². The van der Waals surface area contributed by atoms with E-state index in [9.17, 15) is 18.0 Å². The van der Waals surface area contributed by atoms with E-state index in [0.29, 0.717) is 23.5 Å². The van der Waals surface area contributed by atoms with Crippen LogP contribution in [0.25, 0.3) is 11.0 Å². The summed E-state index contributed by atoms with van der Waals surface area (Å²) in [5.41, 5.74) is -0.283. The molecule has 0 saturated carbocycles. The zero-order valence-corrected chi connectivity index (χ0v) is 12.3. The Balaban J connectivity index is 1.94. The summed E-state index contributed by atoms with van der Waals surface area (Å²) in [7, 11) is 2.05. The lowest BCUT2D eigenvalue weighted by atomic mass is 9.97. The molecule has 0 radical (unpaired) electrons. The van der Waals surface area contributed by atoms with E-state index in [2.05, 4.69) is 9.88 Å². The van der Waals surface area contributed by atoms with E-state index in [0.717, 1.165) is 38.1 Å². The van der Waals surface area contributed by atoms with Crippen LogP contribution in [0, 0.1) is 5.92 Å². The van der Waals surface area contributed by atoms with Crippen molar-refractivity contribution in [3.05, 3.63) is 34.2 Å². The quantitative estimate of drug-likeness (QED) is 0.926. The standard InChI is InChI=1S/C15H18F3N3O/c1-20-6-4-10(5-7-20)9-21-13-8-11(15(16,17)18)2-3-12(13)19-14(21)22/h2-3,8,10H,4-7,9H2,1H3,(H,19,22). The average Bonchev–Trinajstić information content (AvgIpc) is 2.76. The largest absolute Gasteiger partial charge is 0.416 e. The molecule has 0 aliphatic carbocycles. The second-order valence-electron chi connectivity index (χ2n) is 6.02. The molecule has 1 aliphatic rings. The van der Waals surface area contributed by atoms with Crippen LogP contribution in [0.15, 0.2) is 23.0 Å². The van der Waals surface area contributed by atoms with Gasteiger partial charge in [0.15, 0.2) is 0 Å². The summed E-state index contributed by atoms with van der Waals surface area (Å²) in [6, 6.07) is 3.38. The Morgan fingerprint density at radius 2 is 1.95 bits per heavy atom. The first-order valence-electron chi connectivity index (χ1n) is 7.33. The van der Waals surface area contributed by atoms with E-state index in [1.165, 1.54) is 10.6 Å². The first-order chi connectivity index (χ1) is 10.3. The van der Waals surface area contributed by atoms with Crippen molar-refractivity contribution in [1.82, 2.24) is 14.5 Å². The summed E-state index contributed by atoms with van der Waals surface area (Å²) in [6.45, 7) is 2.37. The number of likely N-dealkylation sites (tertiary alicyclic amines) is 1. The molecule has 0 atom stereocenters. The van der Waals surface area contributed by atoms with Gasteiger partial charge in [0.25, 0.3) is 0 Å². The Hall–Kier alpha value is -1.76. The van der Waals surface area contributed by atoms with Gasteiger partial charge in [0.2, 0.25) is 0 Å². The molecule has 1 N–H and O–H groups in total. The zero-order chi connectivity index (χ0) is 15.9. The van der Waals surface area contributed by atoms with Gasteiger partial charge in [-0.3, -0.25) is 4.57 Å². The maximum atomic E-state index is 12.9. The number of benzene rings is 1. The van der Waals surface area contributed by atoms with Gasteiger partial charge < -0.3 is 9.88 Å². The number of fused-ring (bicyclic) bond motifs is 1. The molecule has 0 spiro atoms. The molecule has 0 amide bonds. The highest BCUT2D eigenvalue weighted by Crippen LogP contribution is 2.31. The van der Waals surface area contributed by atoms with E-state index in [-0.39, 0.29) is 5.69 Å². The number of halogens is 3. The monoisotopic (exact) mass is 313 g/mol. The molecule has 120 valence electrons. The molecule has 3 rings (SSSR count). The van der Waals surface area contributed by atoms with Gasteiger partial charge >= 0.3 is 11.9 Å². The van der Waals surface area contributed by atoms with Crippen molar-refractivity contribution in [2.45, 2.75) is 25.6 Å². The molecule has 0 bridgehead atoms. The molecule has 2 aromatic rings. The van der Waals surface area contributed by atoms with Gasteiger partial charge in [0.05, 0.1) is 16.6 Å². The highest BCUT2D eigenvalue weighted by molar-refractivity contribution is 5.76. The molecule has 2 heterocycles. The lowest BCUT2D eigenvalue weighted by Crippen LogP contribution is -2.33. The predicted molar refractivity (Wildman–Crippen MR) is 77.8 cm³/mol. The number of hydrogen-bond acceptors (Lipinski definition) is 2. The minimum atomic E-state index is -4.40. The third-order valence-corrected chi connectivity index (χ3v) is 4.38. The summed E-state index contributed by atoms with van der Waals surface area (Å²) in [5.74, 6) is 0.322. The van der Waals surface area contributed by atoms with Crippen molar-refractivity contribution in [2.75, 3.05) is 20.1 Å². The van der Waals surface area contributed by atoms with Crippen LogP contribution in [0.4, 0.5) is 13.2 Å². The van der Waals surface area contributed by atoms with E-state index >= 15 is 0 Å². The van der Waals surface area contributed by atoms with E-state index in [4.69, 9.17) is 0 Å². The summed E-state index contributed by atoms with van der Waals surface area (Å²) in [5, 5.41) is 0. The van der Waals surface area contributed by atoms with Crippen LogP contribution in [-0.4, -0.2) is 34.6 Å². The smallest absolute Gasteiger partial charge is 0.306 e. The third-order valence-electron chi connectivity index (χ3n) is 4.38. The summed E-state index contributed by atoms with van der Waals surface area (Å²) >= 11 is 0. The summed E-state index contributed by atoms with van der Waals surface area (Å²) in [4.78, 5) is 16.9. The molecule has 1 aromatic carbocycles. The van der Waals surface area contributed by atoms with Crippen LogP contribution < -0.4 is 5.69 Å². The van der Waals surface area contributed by atoms with Gasteiger partial charge in [-0.25, -0.2) is 4.79 Å². The van der Waals surface area contributed by atoms with Gasteiger partial charge in [0.1, 0.15) is 0 Å². The van der Waals surface area contributed by atoms with Crippen molar-refractivity contribution < 1.29 is 13.2 Å². The summed E-state index contributed by atoms with van der Waals surface area (Å²) < 4.78 is 40.0. The maximum Gasteiger partial charge on any atom is 0.416 e. The Kier molecular flexibility index (Phi) is 3.76. The maximum absolute atomic E-state index is 12.9. The zero-order valence-electron chi connectivity index (χ0n) is 12.3. The Labute approximate surface area is 125 Å². The Bertz CT molecular complexity index is 724.